The van der Waals surface area contributed by atoms with Crippen molar-refractivity contribution < 1.29 is 19.1 Å². The van der Waals surface area contributed by atoms with Crippen molar-refractivity contribution in [1.29, 1.82) is 0 Å². The summed E-state index contributed by atoms with van der Waals surface area (Å²) in [5.74, 6) is -0.334. The highest BCUT2D eigenvalue weighted by molar-refractivity contribution is 5.78. The number of esters is 2. The molecule has 0 N–H and O–H groups in total. The highest BCUT2D eigenvalue weighted by Crippen LogP contribution is 2.59. The van der Waals surface area contributed by atoms with Gasteiger partial charge in [0.2, 0.25) is 0 Å². The van der Waals surface area contributed by atoms with E-state index in [0.717, 1.165) is 0 Å². The second kappa shape index (κ2) is 5.34. The van der Waals surface area contributed by atoms with Crippen molar-refractivity contribution >= 4 is 11.9 Å². The molecule has 17 heavy (non-hydrogen) atoms. The normalized spacial score (nSPS) is 25.6. The number of ether oxygens (including phenoxy) is 2. The highest BCUT2D eigenvalue weighted by Gasteiger charge is 2.61. The molecule has 0 aromatic carbocycles. The monoisotopic (exact) mass is 240 g/mol. The number of hydrogen-bond acceptors (Lipinski definition) is 4. The molecule has 0 heterocycles. The van der Waals surface area contributed by atoms with Gasteiger partial charge in [-0.1, -0.05) is 26.0 Å². The van der Waals surface area contributed by atoms with E-state index in [1.807, 2.05) is 19.9 Å². The van der Waals surface area contributed by atoms with Crippen LogP contribution >= 0.6 is 0 Å². The van der Waals surface area contributed by atoms with Crippen LogP contribution in [0.4, 0.5) is 0 Å². The number of carbonyl (C=O) groups excluding carboxylic acids is 2. The van der Waals surface area contributed by atoms with Crippen LogP contribution in [0, 0.1) is 17.3 Å². The zero-order chi connectivity index (χ0) is 13.1. The van der Waals surface area contributed by atoms with E-state index in [0.29, 0.717) is 6.61 Å². The Bertz CT molecular complexity index is 330. The second-order valence-corrected chi connectivity index (χ2v) is 4.81. The SMILES string of the molecule is CCOC(=O)C1C(/C=C/COC(C)=O)C1(C)C. The summed E-state index contributed by atoms with van der Waals surface area (Å²) in [6, 6.07) is 0. The van der Waals surface area contributed by atoms with E-state index in [1.165, 1.54) is 6.92 Å². The molecule has 1 rings (SSSR count). The molecule has 2 unspecified atom stereocenters. The lowest BCUT2D eigenvalue weighted by Gasteiger charge is -2.01. The van der Waals surface area contributed by atoms with Gasteiger partial charge in [-0.05, 0) is 18.3 Å². The Morgan fingerprint density at radius 2 is 1.94 bits per heavy atom. The largest absolute Gasteiger partial charge is 0.466 e. The van der Waals surface area contributed by atoms with E-state index in [2.05, 4.69) is 0 Å². The molecule has 0 aliphatic heterocycles. The predicted octanol–water partition coefficient (Wildman–Crippen LogP) is 1.94. The zero-order valence-electron chi connectivity index (χ0n) is 10.9. The van der Waals surface area contributed by atoms with Crippen molar-refractivity contribution in [1.82, 2.24) is 0 Å². The standard InChI is InChI=1S/C13H20O4/c1-5-16-12(15)11-10(13(11,3)4)7-6-8-17-9(2)14/h6-7,10-11H,5,8H2,1-4H3/b7-6+. The maximum atomic E-state index is 11.6. The lowest BCUT2D eigenvalue weighted by atomic mass is 10.1. The molecule has 1 fully saturated rings. The third kappa shape index (κ3) is 3.32. The fourth-order valence-electron chi connectivity index (χ4n) is 2.09. The Hall–Kier alpha value is -1.32. The molecule has 96 valence electrons. The summed E-state index contributed by atoms with van der Waals surface area (Å²) >= 11 is 0. The van der Waals surface area contributed by atoms with Gasteiger partial charge < -0.3 is 9.47 Å². The Morgan fingerprint density at radius 1 is 1.29 bits per heavy atom. The topological polar surface area (TPSA) is 52.6 Å². The fourth-order valence-corrected chi connectivity index (χ4v) is 2.09. The summed E-state index contributed by atoms with van der Waals surface area (Å²) in [5, 5.41) is 0. The lowest BCUT2D eigenvalue weighted by Crippen LogP contribution is -2.10. The van der Waals surface area contributed by atoms with Crippen LogP contribution in [0.2, 0.25) is 0 Å². The van der Waals surface area contributed by atoms with Crippen LogP contribution in [-0.4, -0.2) is 25.2 Å². The number of rotatable bonds is 5. The van der Waals surface area contributed by atoms with Gasteiger partial charge in [0.15, 0.2) is 0 Å². The third-order valence-corrected chi connectivity index (χ3v) is 3.18. The fraction of sp³-hybridized carbons (Fsp3) is 0.692. The first-order chi connectivity index (χ1) is 7.91. The molecule has 0 radical (unpaired) electrons. The zero-order valence-corrected chi connectivity index (χ0v) is 10.9. The van der Waals surface area contributed by atoms with E-state index in [1.54, 1.807) is 13.0 Å². The van der Waals surface area contributed by atoms with Crippen LogP contribution in [0.1, 0.15) is 27.7 Å². The van der Waals surface area contributed by atoms with Gasteiger partial charge >= 0.3 is 11.9 Å². The van der Waals surface area contributed by atoms with Gasteiger partial charge in [0.1, 0.15) is 6.61 Å². The van der Waals surface area contributed by atoms with Crippen LogP contribution < -0.4 is 0 Å². The van der Waals surface area contributed by atoms with Crippen molar-refractivity contribution in [2.24, 2.45) is 17.3 Å². The Morgan fingerprint density at radius 3 is 2.47 bits per heavy atom. The van der Waals surface area contributed by atoms with E-state index >= 15 is 0 Å². The lowest BCUT2D eigenvalue weighted by molar-refractivity contribution is -0.145. The molecule has 0 saturated heterocycles. The molecule has 2 atom stereocenters. The van der Waals surface area contributed by atoms with Gasteiger partial charge in [0.25, 0.3) is 0 Å². The summed E-state index contributed by atoms with van der Waals surface area (Å²) < 4.78 is 9.81. The van der Waals surface area contributed by atoms with E-state index < -0.39 is 0 Å². The predicted molar refractivity (Wildman–Crippen MR) is 63.2 cm³/mol. The first-order valence-electron chi connectivity index (χ1n) is 5.88. The molecule has 4 heteroatoms. The first-order valence-corrected chi connectivity index (χ1v) is 5.88. The summed E-state index contributed by atoms with van der Waals surface area (Å²) in [6.07, 6.45) is 3.72. The third-order valence-electron chi connectivity index (χ3n) is 3.18. The molecule has 0 amide bonds. The van der Waals surface area contributed by atoms with Gasteiger partial charge in [-0.3, -0.25) is 9.59 Å². The summed E-state index contributed by atoms with van der Waals surface area (Å²) in [7, 11) is 0. The molecule has 1 saturated carbocycles. The van der Waals surface area contributed by atoms with E-state index in [4.69, 9.17) is 9.47 Å². The number of allylic oxidation sites excluding steroid dienone is 1. The van der Waals surface area contributed by atoms with Crippen LogP contribution in [0.15, 0.2) is 12.2 Å². The molecule has 1 aliphatic rings. The average molecular weight is 240 g/mol. The van der Waals surface area contributed by atoms with Crippen LogP contribution in [0.25, 0.3) is 0 Å². The molecular formula is C13H20O4. The van der Waals surface area contributed by atoms with Crippen LogP contribution in [-0.2, 0) is 19.1 Å². The van der Waals surface area contributed by atoms with Gasteiger partial charge in [-0.15, -0.1) is 0 Å². The minimum atomic E-state index is -0.299. The van der Waals surface area contributed by atoms with Crippen LogP contribution in [0.5, 0.6) is 0 Å². The molecule has 0 bridgehead atoms. The smallest absolute Gasteiger partial charge is 0.310 e. The average Bonchev–Trinajstić information content (AvgIpc) is 2.75. The number of carbonyl (C=O) groups is 2. The highest BCUT2D eigenvalue weighted by atomic mass is 16.5. The van der Waals surface area contributed by atoms with Crippen molar-refractivity contribution in [2.75, 3.05) is 13.2 Å². The molecular weight excluding hydrogens is 220 g/mol. The quantitative estimate of drug-likeness (QED) is 0.544. The maximum absolute atomic E-state index is 11.6. The van der Waals surface area contributed by atoms with E-state index in [-0.39, 0.29) is 35.8 Å². The molecule has 0 spiro atoms. The Balaban J connectivity index is 2.45. The number of hydrogen-bond donors (Lipinski definition) is 0. The van der Waals surface area contributed by atoms with Crippen molar-refractivity contribution in [3.05, 3.63) is 12.2 Å². The minimum absolute atomic E-state index is 0.0566. The van der Waals surface area contributed by atoms with Crippen molar-refractivity contribution in [2.45, 2.75) is 27.7 Å². The van der Waals surface area contributed by atoms with Crippen molar-refractivity contribution in [3.8, 4) is 0 Å². The molecule has 0 aromatic heterocycles. The minimum Gasteiger partial charge on any atom is -0.466 e. The van der Waals surface area contributed by atoms with E-state index in [9.17, 15) is 9.59 Å². The Kier molecular flexibility index (Phi) is 4.32. The summed E-state index contributed by atoms with van der Waals surface area (Å²) in [6.45, 7) is 7.92. The maximum Gasteiger partial charge on any atom is 0.310 e. The summed E-state index contributed by atoms with van der Waals surface area (Å²) in [4.78, 5) is 22.2. The Labute approximate surface area is 102 Å². The van der Waals surface area contributed by atoms with Gasteiger partial charge in [0, 0.05) is 6.92 Å². The van der Waals surface area contributed by atoms with Crippen molar-refractivity contribution in [3.63, 3.8) is 0 Å². The first kappa shape index (κ1) is 13.7. The molecule has 4 nitrogen and oxygen atoms in total. The molecule has 0 aromatic rings. The van der Waals surface area contributed by atoms with Gasteiger partial charge in [0.05, 0.1) is 12.5 Å². The second-order valence-electron chi connectivity index (χ2n) is 4.81. The van der Waals surface area contributed by atoms with Gasteiger partial charge in [-0.25, -0.2) is 0 Å². The van der Waals surface area contributed by atoms with Crippen LogP contribution in [0.3, 0.4) is 0 Å². The summed E-state index contributed by atoms with van der Waals surface area (Å²) in [5.41, 5.74) is -0.0566. The molecule has 1 aliphatic carbocycles. The van der Waals surface area contributed by atoms with Gasteiger partial charge in [-0.2, -0.15) is 0 Å².